The van der Waals surface area contributed by atoms with E-state index in [1.165, 1.54) is 7.11 Å². The Morgan fingerprint density at radius 3 is 2.32 bits per heavy atom. The van der Waals surface area contributed by atoms with Crippen LogP contribution in [0.2, 0.25) is 0 Å². The molecule has 1 atom stereocenters. The van der Waals surface area contributed by atoms with Gasteiger partial charge in [-0.1, -0.05) is 17.7 Å². The maximum Gasteiger partial charge on any atom is 0.354 e. The van der Waals surface area contributed by atoms with E-state index in [1.807, 2.05) is 26.0 Å². The molecule has 0 spiro atoms. The minimum Gasteiger partial charge on any atom is -0.464 e. The second-order valence-electron chi connectivity index (χ2n) is 7.57. The van der Waals surface area contributed by atoms with Crippen molar-refractivity contribution in [3.63, 3.8) is 0 Å². The summed E-state index contributed by atoms with van der Waals surface area (Å²) >= 11 is 0. The molecule has 0 saturated heterocycles. The number of H-pyrrole nitrogens is 1. The second-order valence-corrected chi connectivity index (χ2v) is 7.57. The van der Waals surface area contributed by atoms with Crippen LogP contribution >= 0.6 is 0 Å². The maximum atomic E-state index is 13.4. The first kappa shape index (κ1) is 24.3. The van der Waals surface area contributed by atoms with Crippen LogP contribution in [0.25, 0.3) is 0 Å². The third-order valence-electron chi connectivity index (χ3n) is 5.37. The van der Waals surface area contributed by atoms with E-state index in [9.17, 15) is 14.4 Å². The van der Waals surface area contributed by atoms with Crippen LogP contribution in [0.3, 0.4) is 0 Å². The number of nitrogens with zero attached hydrogens (tertiary/aromatic N) is 1. The van der Waals surface area contributed by atoms with Crippen molar-refractivity contribution in [3.8, 4) is 0 Å². The molecule has 7 heteroatoms. The van der Waals surface area contributed by atoms with Crippen molar-refractivity contribution < 1.29 is 23.9 Å². The number of Topliss-reactive ketones (excluding diaryl/α,β-unsaturated/α-hetero) is 1. The zero-order valence-corrected chi connectivity index (χ0v) is 19.2. The van der Waals surface area contributed by atoms with Crippen LogP contribution in [0.1, 0.15) is 68.3 Å². The van der Waals surface area contributed by atoms with Crippen molar-refractivity contribution in [2.75, 3.05) is 26.9 Å². The number of aryl methyl sites for hydroxylation is 2. The highest BCUT2D eigenvalue weighted by Crippen LogP contribution is 2.23. The summed E-state index contributed by atoms with van der Waals surface area (Å²) in [5, 5.41) is 0. The first-order valence-electron chi connectivity index (χ1n) is 10.5. The summed E-state index contributed by atoms with van der Waals surface area (Å²) in [6.45, 7) is 10.5. The van der Waals surface area contributed by atoms with Gasteiger partial charge in [-0.15, -0.1) is 0 Å². The summed E-state index contributed by atoms with van der Waals surface area (Å²) < 4.78 is 10.2. The van der Waals surface area contributed by atoms with Gasteiger partial charge in [0.15, 0.2) is 5.78 Å². The van der Waals surface area contributed by atoms with Gasteiger partial charge in [0.25, 0.3) is 5.91 Å². The highest BCUT2D eigenvalue weighted by Gasteiger charge is 2.31. The van der Waals surface area contributed by atoms with E-state index < -0.39 is 12.0 Å². The number of esters is 1. The molecular formula is C24H32N2O5. The fourth-order valence-corrected chi connectivity index (χ4v) is 3.59. The molecule has 0 fully saturated rings. The number of ether oxygens (including phenoxy) is 2. The molecule has 0 aliphatic heterocycles. The van der Waals surface area contributed by atoms with Crippen molar-refractivity contribution in [2.24, 2.45) is 0 Å². The Balaban J connectivity index is 2.35. The number of ketones is 1. The number of carbonyl (C=O) groups excluding carboxylic acids is 3. The lowest BCUT2D eigenvalue weighted by Gasteiger charge is -2.29. The lowest BCUT2D eigenvalue weighted by Crippen LogP contribution is -2.44. The van der Waals surface area contributed by atoms with E-state index >= 15 is 0 Å². The average molecular weight is 429 g/mol. The second kappa shape index (κ2) is 10.9. The number of amides is 1. The fourth-order valence-electron chi connectivity index (χ4n) is 3.59. The quantitative estimate of drug-likeness (QED) is 0.353. The van der Waals surface area contributed by atoms with Gasteiger partial charge in [0.1, 0.15) is 5.69 Å². The molecule has 2 rings (SSSR count). The summed E-state index contributed by atoms with van der Waals surface area (Å²) in [5.41, 5.74) is 3.35. The number of hydrogen-bond acceptors (Lipinski definition) is 5. The number of aromatic amines is 1. The van der Waals surface area contributed by atoms with E-state index in [0.29, 0.717) is 48.6 Å². The van der Waals surface area contributed by atoms with Gasteiger partial charge in [0.2, 0.25) is 0 Å². The smallest absolute Gasteiger partial charge is 0.354 e. The van der Waals surface area contributed by atoms with E-state index in [4.69, 9.17) is 9.47 Å². The van der Waals surface area contributed by atoms with Gasteiger partial charge in [-0.25, -0.2) is 4.79 Å². The highest BCUT2D eigenvalue weighted by atomic mass is 16.5. The summed E-state index contributed by atoms with van der Waals surface area (Å²) in [7, 11) is 1.29. The molecule has 168 valence electrons. The normalized spacial score (nSPS) is 11.8. The Kier molecular flexibility index (Phi) is 8.56. The summed E-state index contributed by atoms with van der Waals surface area (Å²) in [6, 6.07) is 6.58. The molecule has 1 amide bonds. The molecule has 0 radical (unpaired) electrons. The van der Waals surface area contributed by atoms with Crippen LogP contribution in [0, 0.1) is 20.8 Å². The maximum absolute atomic E-state index is 13.4. The van der Waals surface area contributed by atoms with Gasteiger partial charge in [0.05, 0.1) is 13.2 Å². The Morgan fingerprint density at radius 2 is 1.74 bits per heavy atom. The molecule has 1 unspecified atom stereocenters. The summed E-state index contributed by atoms with van der Waals surface area (Å²) in [4.78, 5) is 43.2. The molecule has 0 aliphatic rings. The largest absolute Gasteiger partial charge is 0.464 e. The van der Waals surface area contributed by atoms with Crippen LogP contribution in [-0.4, -0.2) is 60.5 Å². The highest BCUT2D eigenvalue weighted by molar-refractivity contribution is 6.07. The summed E-state index contributed by atoms with van der Waals surface area (Å²) in [6.07, 6.45) is 0.613. The molecule has 31 heavy (non-hydrogen) atoms. The Labute approximate surface area is 183 Å². The van der Waals surface area contributed by atoms with E-state index in [-0.39, 0.29) is 17.4 Å². The van der Waals surface area contributed by atoms with Crippen LogP contribution in [0.4, 0.5) is 0 Å². The number of nitrogens with one attached hydrogen (secondary N) is 1. The first-order chi connectivity index (χ1) is 14.7. The number of benzene rings is 1. The minimum absolute atomic E-state index is 0.212. The predicted molar refractivity (Wildman–Crippen MR) is 119 cm³/mol. The van der Waals surface area contributed by atoms with Crippen LogP contribution < -0.4 is 0 Å². The molecule has 0 bridgehead atoms. The van der Waals surface area contributed by atoms with E-state index in [1.54, 1.807) is 37.8 Å². The number of aromatic nitrogens is 1. The zero-order chi connectivity index (χ0) is 23.1. The van der Waals surface area contributed by atoms with Crippen molar-refractivity contribution in [1.82, 2.24) is 9.88 Å². The third kappa shape index (κ3) is 5.61. The van der Waals surface area contributed by atoms with Gasteiger partial charge in [-0.05, 0) is 58.7 Å². The predicted octanol–water partition coefficient (Wildman–Crippen LogP) is 3.87. The van der Waals surface area contributed by atoms with Gasteiger partial charge in [-0.2, -0.15) is 0 Å². The van der Waals surface area contributed by atoms with Crippen molar-refractivity contribution >= 4 is 17.7 Å². The number of hydrogen-bond donors (Lipinski definition) is 1. The van der Waals surface area contributed by atoms with Crippen molar-refractivity contribution in [2.45, 2.75) is 47.1 Å². The molecule has 0 saturated carbocycles. The molecule has 2 aromatic rings. The third-order valence-corrected chi connectivity index (χ3v) is 5.37. The topological polar surface area (TPSA) is 88.7 Å². The molecule has 0 aliphatic carbocycles. The SMILES string of the molecule is CCOCCCN(C(=O)c1ccc(C)cc1)C(C)C(=O)c1c(C)[nH]c(C(=O)OC)c1C. The van der Waals surface area contributed by atoms with Gasteiger partial charge in [0, 0.05) is 36.6 Å². The monoisotopic (exact) mass is 428 g/mol. The Morgan fingerprint density at radius 1 is 1.10 bits per heavy atom. The standard InChI is InChI=1S/C24H32N2O5/c1-7-31-14-8-13-26(23(28)19-11-9-15(2)10-12-19)18(5)22(27)20-16(3)21(24(29)30-6)25-17(20)4/h9-12,18,25H,7-8,13-14H2,1-6H3. The molecular weight excluding hydrogens is 396 g/mol. The lowest BCUT2D eigenvalue weighted by molar-refractivity contribution is 0.0588. The number of methoxy groups -OCH3 is 1. The Hall–Kier alpha value is -2.93. The van der Waals surface area contributed by atoms with Crippen LogP contribution in [0.15, 0.2) is 24.3 Å². The molecule has 1 heterocycles. The molecule has 1 aromatic carbocycles. The lowest BCUT2D eigenvalue weighted by atomic mass is 9.99. The number of rotatable bonds is 10. The summed E-state index contributed by atoms with van der Waals surface area (Å²) in [5.74, 6) is -0.966. The average Bonchev–Trinajstić information content (AvgIpc) is 3.06. The van der Waals surface area contributed by atoms with Gasteiger partial charge < -0.3 is 19.4 Å². The van der Waals surface area contributed by atoms with Crippen LogP contribution in [0.5, 0.6) is 0 Å². The van der Waals surface area contributed by atoms with E-state index in [2.05, 4.69) is 4.98 Å². The number of carbonyl (C=O) groups is 3. The minimum atomic E-state index is -0.714. The molecule has 1 aromatic heterocycles. The Bertz CT molecular complexity index is 930. The van der Waals surface area contributed by atoms with Crippen molar-refractivity contribution in [1.29, 1.82) is 0 Å². The molecule has 1 N–H and O–H groups in total. The fraction of sp³-hybridized carbons (Fsp3) is 0.458. The van der Waals surface area contributed by atoms with Crippen molar-refractivity contribution in [3.05, 3.63) is 57.9 Å². The first-order valence-corrected chi connectivity index (χ1v) is 10.5. The van der Waals surface area contributed by atoms with Gasteiger partial charge in [-0.3, -0.25) is 9.59 Å². The van der Waals surface area contributed by atoms with E-state index in [0.717, 1.165) is 5.56 Å². The molecule has 7 nitrogen and oxygen atoms in total. The zero-order valence-electron chi connectivity index (χ0n) is 19.2. The van der Waals surface area contributed by atoms with Crippen LogP contribution in [-0.2, 0) is 9.47 Å². The van der Waals surface area contributed by atoms with Gasteiger partial charge >= 0.3 is 5.97 Å².